The van der Waals surface area contributed by atoms with E-state index in [1.807, 2.05) is 24.3 Å². The topological polar surface area (TPSA) is 75.3 Å². The Labute approximate surface area is 144 Å². The van der Waals surface area contributed by atoms with Crippen LogP contribution in [-0.2, 0) is 21.2 Å². The minimum Gasteiger partial charge on any atom is -0.326 e. The molecule has 0 saturated heterocycles. The number of rotatable bonds is 6. The van der Waals surface area contributed by atoms with Gasteiger partial charge in [-0.2, -0.15) is 0 Å². The predicted octanol–water partition coefficient (Wildman–Crippen LogP) is 3.39. The average molecular weight is 397 g/mol. The Bertz CT molecular complexity index is 789. The molecule has 7 heteroatoms. The minimum atomic E-state index is -3.30. The number of carbonyl (C=O) groups is 1. The fraction of sp³-hybridized carbons (Fsp3) is 0.188. The average Bonchev–Trinajstić information content (AvgIpc) is 2.46. The van der Waals surface area contributed by atoms with Gasteiger partial charge < -0.3 is 5.32 Å². The first-order valence-electron chi connectivity index (χ1n) is 6.94. The van der Waals surface area contributed by atoms with E-state index in [9.17, 15) is 13.2 Å². The molecule has 1 amide bonds. The van der Waals surface area contributed by atoms with Gasteiger partial charge in [0.1, 0.15) is 0 Å². The molecule has 0 fully saturated rings. The van der Waals surface area contributed by atoms with Crippen molar-refractivity contribution in [2.24, 2.45) is 0 Å². The first-order valence-corrected chi connectivity index (χ1v) is 9.62. The van der Waals surface area contributed by atoms with Crippen LogP contribution < -0.4 is 10.0 Å². The quantitative estimate of drug-likeness (QED) is 0.785. The Kier molecular flexibility index (Phi) is 5.79. The summed E-state index contributed by atoms with van der Waals surface area (Å²) in [4.78, 5) is 12.0. The number of aryl methyl sites for hydroxylation is 1. The van der Waals surface area contributed by atoms with Gasteiger partial charge in [-0.25, -0.2) is 8.42 Å². The number of carbonyl (C=O) groups excluding carboxylic acids is 1. The largest absolute Gasteiger partial charge is 0.326 e. The third-order valence-electron chi connectivity index (χ3n) is 3.00. The van der Waals surface area contributed by atoms with Crippen LogP contribution in [0.4, 0.5) is 11.4 Å². The fourth-order valence-corrected chi connectivity index (χ4v) is 3.02. The summed E-state index contributed by atoms with van der Waals surface area (Å²) >= 11 is 3.40. The molecule has 2 aromatic carbocycles. The molecule has 0 saturated carbocycles. The zero-order valence-electron chi connectivity index (χ0n) is 12.5. The summed E-state index contributed by atoms with van der Waals surface area (Å²) in [6.07, 6.45) is 2.11. The maximum Gasteiger partial charge on any atom is 0.229 e. The third-order valence-corrected chi connectivity index (χ3v) is 4.10. The van der Waals surface area contributed by atoms with Crippen molar-refractivity contribution in [1.82, 2.24) is 0 Å². The Morgan fingerprint density at radius 1 is 1.09 bits per heavy atom. The van der Waals surface area contributed by atoms with Crippen LogP contribution in [0.25, 0.3) is 0 Å². The normalized spacial score (nSPS) is 11.0. The zero-order chi connectivity index (χ0) is 16.9. The molecular weight excluding hydrogens is 380 g/mol. The molecule has 2 rings (SSSR count). The van der Waals surface area contributed by atoms with Gasteiger partial charge in [0, 0.05) is 22.3 Å². The van der Waals surface area contributed by atoms with Crippen molar-refractivity contribution in [1.29, 1.82) is 0 Å². The number of amides is 1. The second kappa shape index (κ2) is 7.61. The van der Waals surface area contributed by atoms with Crippen molar-refractivity contribution < 1.29 is 13.2 Å². The third kappa shape index (κ3) is 6.42. The van der Waals surface area contributed by atoms with E-state index in [2.05, 4.69) is 26.0 Å². The van der Waals surface area contributed by atoms with Crippen molar-refractivity contribution in [2.75, 3.05) is 16.3 Å². The second-order valence-corrected chi connectivity index (χ2v) is 7.79. The molecular formula is C16H17BrN2O3S. The highest BCUT2D eigenvalue weighted by molar-refractivity contribution is 9.10. The number of hydrogen-bond donors (Lipinski definition) is 2. The number of hydrogen-bond acceptors (Lipinski definition) is 3. The van der Waals surface area contributed by atoms with E-state index >= 15 is 0 Å². The number of sulfonamides is 1. The molecule has 23 heavy (non-hydrogen) atoms. The molecule has 2 N–H and O–H groups in total. The highest BCUT2D eigenvalue weighted by Crippen LogP contribution is 2.16. The van der Waals surface area contributed by atoms with Crippen LogP contribution >= 0.6 is 15.9 Å². The van der Waals surface area contributed by atoms with Gasteiger partial charge in [0.2, 0.25) is 15.9 Å². The van der Waals surface area contributed by atoms with Gasteiger partial charge in [-0.05, 0) is 48.4 Å². The van der Waals surface area contributed by atoms with E-state index in [1.54, 1.807) is 24.3 Å². The lowest BCUT2D eigenvalue weighted by Crippen LogP contribution is -2.13. The van der Waals surface area contributed by atoms with E-state index in [-0.39, 0.29) is 5.91 Å². The first-order chi connectivity index (χ1) is 10.8. The predicted molar refractivity (Wildman–Crippen MR) is 96.0 cm³/mol. The van der Waals surface area contributed by atoms with Crippen LogP contribution in [0, 0.1) is 0 Å². The van der Waals surface area contributed by atoms with Crippen molar-refractivity contribution in [3.63, 3.8) is 0 Å². The lowest BCUT2D eigenvalue weighted by atomic mass is 10.1. The summed E-state index contributed by atoms with van der Waals surface area (Å²) in [5.41, 5.74) is 2.17. The molecule has 0 bridgehead atoms. The van der Waals surface area contributed by atoms with E-state index < -0.39 is 10.0 Å². The number of halogens is 1. The maximum atomic E-state index is 12.0. The van der Waals surface area contributed by atoms with Crippen LogP contribution in [0.3, 0.4) is 0 Å². The summed E-state index contributed by atoms with van der Waals surface area (Å²) in [7, 11) is -3.30. The number of benzene rings is 2. The highest BCUT2D eigenvalue weighted by atomic mass is 79.9. The van der Waals surface area contributed by atoms with Gasteiger partial charge in [-0.15, -0.1) is 0 Å². The molecule has 2 aromatic rings. The van der Waals surface area contributed by atoms with Gasteiger partial charge in [0.25, 0.3) is 0 Å². The van der Waals surface area contributed by atoms with Gasteiger partial charge in [0.15, 0.2) is 0 Å². The number of anilines is 2. The molecule has 0 aliphatic carbocycles. The summed E-state index contributed by atoms with van der Waals surface area (Å²) in [5, 5.41) is 2.79. The standard InChI is InChI=1S/C16H17BrN2O3S/c1-23(21,22)19-15-8-6-14(7-9-15)18-16(20)10-5-12-3-2-4-13(17)11-12/h2-4,6-9,11,19H,5,10H2,1H3,(H,18,20). The highest BCUT2D eigenvalue weighted by Gasteiger charge is 2.05. The Morgan fingerprint density at radius 3 is 2.35 bits per heavy atom. The smallest absolute Gasteiger partial charge is 0.229 e. The van der Waals surface area contributed by atoms with Crippen LogP contribution in [0.2, 0.25) is 0 Å². The fourth-order valence-electron chi connectivity index (χ4n) is 2.01. The van der Waals surface area contributed by atoms with Crippen molar-refractivity contribution in [2.45, 2.75) is 12.8 Å². The second-order valence-electron chi connectivity index (χ2n) is 5.13. The Hall–Kier alpha value is -1.86. The lowest BCUT2D eigenvalue weighted by molar-refractivity contribution is -0.116. The Balaban J connectivity index is 1.87. The van der Waals surface area contributed by atoms with Gasteiger partial charge in [-0.1, -0.05) is 28.1 Å². The van der Waals surface area contributed by atoms with E-state index in [1.165, 1.54) is 0 Å². The van der Waals surface area contributed by atoms with Crippen molar-refractivity contribution in [3.05, 3.63) is 58.6 Å². The number of nitrogens with one attached hydrogen (secondary N) is 2. The summed E-state index contributed by atoms with van der Waals surface area (Å²) < 4.78 is 25.6. The maximum absolute atomic E-state index is 12.0. The van der Waals surface area contributed by atoms with Crippen LogP contribution in [0.5, 0.6) is 0 Å². The molecule has 0 spiro atoms. The summed E-state index contributed by atoms with van der Waals surface area (Å²) in [6, 6.07) is 14.4. The van der Waals surface area contributed by atoms with Crippen LogP contribution in [-0.4, -0.2) is 20.6 Å². The van der Waals surface area contributed by atoms with E-state index in [4.69, 9.17) is 0 Å². The molecule has 0 aliphatic heterocycles. The van der Waals surface area contributed by atoms with E-state index in [0.717, 1.165) is 16.3 Å². The monoisotopic (exact) mass is 396 g/mol. The molecule has 0 aliphatic rings. The molecule has 0 unspecified atom stereocenters. The van der Waals surface area contributed by atoms with Gasteiger partial charge >= 0.3 is 0 Å². The summed E-state index contributed by atoms with van der Waals surface area (Å²) in [6.45, 7) is 0. The van der Waals surface area contributed by atoms with Crippen molar-refractivity contribution in [3.8, 4) is 0 Å². The zero-order valence-corrected chi connectivity index (χ0v) is 14.9. The molecule has 0 heterocycles. The SMILES string of the molecule is CS(=O)(=O)Nc1ccc(NC(=O)CCc2cccc(Br)c2)cc1. The van der Waals surface area contributed by atoms with Crippen molar-refractivity contribution >= 4 is 43.2 Å². The van der Waals surface area contributed by atoms with Gasteiger partial charge in [-0.3, -0.25) is 9.52 Å². The van der Waals surface area contributed by atoms with Gasteiger partial charge in [0.05, 0.1) is 6.26 Å². The van der Waals surface area contributed by atoms with Crippen LogP contribution in [0.15, 0.2) is 53.0 Å². The molecule has 0 radical (unpaired) electrons. The summed E-state index contributed by atoms with van der Waals surface area (Å²) in [5.74, 6) is -0.0891. The molecule has 0 atom stereocenters. The Morgan fingerprint density at radius 2 is 1.74 bits per heavy atom. The lowest BCUT2D eigenvalue weighted by Gasteiger charge is -2.08. The molecule has 5 nitrogen and oxygen atoms in total. The molecule has 0 aromatic heterocycles. The molecule has 122 valence electrons. The minimum absolute atomic E-state index is 0.0891. The van der Waals surface area contributed by atoms with E-state index in [0.29, 0.717) is 24.2 Å². The first kappa shape index (κ1) is 17.5. The van der Waals surface area contributed by atoms with Crippen LogP contribution in [0.1, 0.15) is 12.0 Å².